The zero-order chi connectivity index (χ0) is 10.8. The van der Waals surface area contributed by atoms with E-state index in [4.69, 9.17) is 0 Å². The van der Waals surface area contributed by atoms with E-state index >= 15 is 0 Å². The van der Waals surface area contributed by atoms with Gasteiger partial charge in [-0.3, -0.25) is 4.18 Å². The number of hydrogen-bond donors (Lipinski definition) is 0. The second-order valence-corrected chi connectivity index (χ2v) is 3.70. The maximum Gasteiger partial charge on any atom is 0.416 e. The molecular weight excluding hydrogens is 217 g/mol. The average Bonchev–Trinajstić information content (AvgIpc) is 2.15. The highest BCUT2D eigenvalue weighted by atomic mass is 32.2. The van der Waals surface area contributed by atoms with Gasteiger partial charge in [0.1, 0.15) is 0 Å². The molecule has 0 saturated carbocycles. The number of benzene rings is 1. The monoisotopic (exact) mass is 224 g/mol. The van der Waals surface area contributed by atoms with E-state index in [1.54, 1.807) is 0 Å². The summed E-state index contributed by atoms with van der Waals surface area (Å²) in [7, 11) is 1.22. The normalized spacial score (nSPS) is 14.0. The minimum Gasteiger partial charge on any atom is -0.290 e. The molecule has 0 aromatic heterocycles. The Balaban J connectivity index is 2.95. The smallest absolute Gasteiger partial charge is 0.290 e. The van der Waals surface area contributed by atoms with Crippen LogP contribution in [0.2, 0.25) is 0 Å². The van der Waals surface area contributed by atoms with Crippen molar-refractivity contribution in [2.75, 3.05) is 7.11 Å². The molecule has 0 spiro atoms. The summed E-state index contributed by atoms with van der Waals surface area (Å²) < 4.78 is 51.7. The molecule has 14 heavy (non-hydrogen) atoms. The Morgan fingerprint density at radius 2 is 1.71 bits per heavy atom. The fourth-order valence-electron chi connectivity index (χ4n) is 0.851. The Labute approximate surface area is 81.4 Å². The van der Waals surface area contributed by atoms with E-state index in [0.29, 0.717) is 0 Å². The third-order valence-corrected chi connectivity index (χ3v) is 2.49. The van der Waals surface area contributed by atoms with Gasteiger partial charge < -0.3 is 0 Å². The summed E-state index contributed by atoms with van der Waals surface area (Å²) in [5.41, 5.74) is -0.769. The third-order valence-electron chi connectivity index (χ3n) is 1.53. The molecule has 1 atom stereocenters. The van der Waals surface area contributed by atoms with Crippen LogP contribution in [0.3, 0.4) is 0 Å². The van der Waals surface area contributed by atoms with Gasteiger partial charge in [0.15, 0.2) is 11.1 Å². The van der Waals surface area contributed by atoms with Gasteiger partial charge >= 0.3 is 6.18 Å². The number of rotatable bonds is 2. The lowest BCUT2D eigenvalue weighted by Gasteiger charge is -2.06. The van der Waals surface area contributed by atoms with Crippen LogP contribution in [0.5, 0.6) is 0 Å². The molecule has 1 rings (SSSR count). The molecular formula is C8H7F3O2S. The molecule has 1 aromatic rings. The fourth-order valence-corrected chi connectivity index (χ4v) is 1.40. The van der Waals surface area contributed by atoms with Crippen molar-refractivity contribution < 1.29 is 21.6 Å². The molecule has 1 unspecified atom stereocenters. The average molecular weight is 224 g/mol. The van der Waals surface area contributed by atoms with E-state index in [1.807, 2.05) is 0 Å². The van der Waals surface area contributed by atoms with Crippen LogP contribution in [0.4, 0.5) is 13.2 Å². The van der Waals surface area contributed by atoms with Crippen molar-refractivity contribution in [3.05, 3.63) is 29.8 Å². The highest BCUT2D eigenvalue weighted by Crippen LogP contribution is 2.29. The number of hydrogen-bond acceptors (Lipinski definition) is 2. The van der Waals surface area contributed by atoms with Gasteiger partial charge in [-0.15, -0.1) is 0 Å². The highest BCUT2D eigenvalue weighted by Gasteiger charge is 2.30. The molecule has 0 fully saturated rings. The van der Waals surface area contributed by atoms with E-state index in [9.17, 15) is 17.4 Å². The standard InChI is InChI=1S/C8H7F3O2S/c1-13-14(12)7-4-2-6(3-5-7)8(9,10)11/h2-5H,1H3. The quantitative estimate of drug-likeness (QED) is 0.770. The fraction of sp³-hybridized carbons (Fsp3) is 0.250. The molecule has 0 N–H and O–H groups in total. The molecule has 0 radical (unpaired) electrons. The molecule has 0 bridgehead atoms. The van der Waals surface area contributed by atoms with E-state index < -0.39 is 22.8 Å². The third kappa shape index (κ3) is 2.55. The maximum absolute atomic E-state index is 12.1. The van der Waals surface area contributed by atoms with Gasteiger partial charge in [0.05, 0.1) is 17.6 Å². The van der Waals surface area contributed by atoms with Crippen molar-refractivity contribution in [2.45, 2.75) is 11.1 Å². The van der Waals surface area contributed by atoms with Crippen LogP contribution in [-0.2, 0) is 21.4 Å². The lowest BCUT2D eigenvalue weighted by Crippen LogP contribution is -2.04. The van der Waals surface area contributed by atoms with Crippen LogP contribution in [0.25, 0.3) is 0 Å². The van der Waals surface area contributed by atoms with Gasteiger partial charge in [-0.2, -0.15) is 13.2 Å². The Hall–Kier alpha value is -0.880. The summed E-state index contributed by atoms with van der Waals surface area (Å²) in [4.78, 5) is 0.209. The molecule has 6 heteroatoms. The maximum atomic E-state index is 12.1. The SMILES string of the molecule is COS(=O)c1ccc(C(F)(F)F)cc1. The first-order chi connectivity index (χ1) is 6.45. The Morgan fingerprint density at radius 1 is 1.21 bits per heavy atom. The van der Waals surface area contributed by atoms with Crippen molar-refractivity contribution in [1.82, 2.24) is 0 Å². The minimum absolute atomic E-state index is 0.209. The molecule has 0 aliphatic rings. The number of alkyl halides is 3. The van der Waals surface area contributed by atoms with Gasteiger partial charge in [-0.25, -0.2) is 4.21 Å². The zero-order valence-electron chi connectivity index (χ0n) is 7.17. The second-order valence-electron chi connectivity index (χ2n) is 2.42. The molecule has 0 heterocycles. The van der Waals surface area contributed by atoms with Crippen LogP contribution < -0.4 is 0 Å². The first-order valence-corrected chi connectivity index (χ1v) is 4.66. The summed E-state index contributed by atoms with van der Waals surface area (Å²) in [6, 6.07) is 3.99. The summed E-state index contributed by atoms with van der Waals surface area (Å²) in [5.74, 6) is 0. The molecule has 78 valence electrons. The van der Waals surface area contributed by atoms with E-state index in [-0.39, 0.29) is 4.90 Å². The van der Waals surface area contributed by atoms with E-state index in [2.05, 4.69) is 4.18 Å². The molecule has 0 amide bonds. The predicted molar refractivity (Wildman–Crippen MR) is 44.9 cm³/mol. The first kappa shape index (κ1) is 11.2. The minimum atomic E-state index is -4.37. The van der Waals surface area contributed by atoms with Crippen LogP contribution >= 0.6 is 0 Å². The van der Waals surface area contributed by atoms with Crippen molar-refractivity contribution in [3.8, 4) is 0 Å². The molecule has 0 saturated heterocycles. The van der Waals surface area contributed by atoms with Crippen molar-refractivity contribution >= 4 is 11.1 Å². The lowest BCUT2D eigenvalue weighted by atomic mass is 10.2. The summed E-state index contributed by atoms with van der Waals surface area (Å²) in [6.45, 7) is 0. The van der Waals surface area contributed by atoms with Crippen LogP contribution in [-0.4, -0.2) is 11.3 Å². The van der Waals surface area contributed by atoms with Crippen molar-refractivity contribution in [1.29, 1.82) is 0 Å². The van der Waals surface area contributed by atoms with Crippen molar-refractivity contribution in [3.63, 3.8) is 0 Å². The predicted octanol–water partition coefficient (Wildman–Crippen LogP) is 2.37. The zero-order valence-corrected chi connectivity index (χ0v) is 7.98. The van der Waals surface area contributed by atoms with E-state index in [0.717, 1.165) is 24.3 Å². The molecule has 2 nitrogen and oxygen atoms in total. The molecule has 0 aliphatic carbocycles. The van der Waals surface area contributed by atoms with Gasteiger partial charge in [-0.05, 0) is 24.3 Å². The summed E-state index contributed by atoms with van der Waals surface area (Å²) >= 11 is -1.69. The first-order valence-electron chi connectivity index (χ1n) is 3.58. The molecule has 0 aliphatic heterocycles. The Morgan fingerprint density at radius 3 is 2.07 bits per heavy atom. The number of halogens is 3. The van der Waals surface area contributed by atoms with Crippen molar-refractivity contribution in [2.24, 2.45) is 0 Å². The van der Waals surface area contributed by atoms with Crippen LogP contribution in [0.1, 0.15) is 5.56 Å². The molecule has 1 aromatic carbocycles. The van der Waals surface area contributed by atoms with Gasteiger partial charge in [0, 0.05) is 0 Å². The summed E-state index contributed by atoms with van der Waals surface area (Å²) in [6.07, 6.45) is -4.37. The van der Waals surface area contributed by atoms with Crippen LogP contribution in [0, 0.1) is 0 Å². The summed E-state index contributed by atoms with van der Waals surface area (Å²) in [5, 5.41) is 0. The second kappa shape index (κ2) is 4.10. The Kier molecular flexibility index (Phi) is 3.28. The van der Waals surface area contributed by atoms with Gasteiger partial charge in [-0.1, -0.05) is 0 Å². The highest BCUT2D eigenvalue weighted by molar-refractivity contribution is 7.80. The lowest BCUT2D eigenvalue weighted by molar-refractivity contribution is -0.137. The largest absolute Gasteiger partial charge is 0.416 e. The Bertz CT molecular complexity index is 331. The van der Waals surface area contributed by atoms with E-state index in [1.165, 1.54) is 7.11 Å². The van der Waals surface area contributed by atoms with Crippen LogP contribution in [0.15, 0.2) is 29.2 Å². The van der Waals surface area contributed by atoms with Gasteiger partial charge in [0.25, 0.3) is 0 Å². The topological polar surface area (TPSA) is 26.3 Å². The van der Waals surface area contributed by atoms with Gasteiger partial charge in [0.2, 0.25) is 0 Å².